The second kappa shape index (κ2) is 12.4. The monoisotopic (exact) mass is 491 g/mol. The van der Waals surface area contributed by atoms with Gasteiger partial charge in [0.25, 0.3) is 5.91 Å². The molecule has 0 aliphatic carbocycles. The molecule has 0 aromatic heterocycles. The third kappa shape index (κ3) is 12.1. The molecule has 0 aliphatic rings. The molecule has 8 nitrogen and oxygen atoms in total. The summed E-state index contributed by atoms with van der Waals surface area (Å²) in [4.78, 5) is 27.1. The van der Waals surface area contributed by atoms with E-state index in [0.29, 0.717) is 24.8 Å². The predicted molar refractivity (Wildman–Crippen MR) is 117 cm³/mol. The molecule has 0 unspecified atom stereocenters. The van der Waals surface area contributed by atoms with Crippen LogP contribution in [0.2, 0.25) is 0 Å². The van der Waals surface area contributed by atoms with Crippen molar-refractivity contribution in [1.29, 1.82) is 0 Å². The maximum atomic E-state index is 11.9. The Morgan fingerprint density at radius 3 is 2.52 bits per heavy atom. The van der Waals surface area contributed by atoms with Crippen molar-refractivity contribution in [2.24, 2.45) is 10.7 Å². The van der Waals surface area contributed by atoms with E-state index in [-0.39, 0.29) is 48.6 Å². The first-order valence-corrected chi connectivity index (χ1v) is 8.53. The van der Waals surface area contributed by atoms with Crippen LogP contribution in [0, 0.1) is 0 Å². The number of guanidine groups is 1. The lowest BCUT2D eigenvalue weighted by Gasteiger charge is -2.21. The number of aliphatic imine (C=N–C) groups is 1. The van der Waals surface area contributed by atoms with Crippen LogP contribution in [0.1, 0.15) is 33.3 Å². The van der Waals surface area contributed by atoms with Gasteiger partial charge in [-0.2, -0.15) is 0 Å². The summed E-state index contributed by atoms with van der Waals surface area (Å²) in [5.74, 6) is 0.463. The maximum absolute atomic E-state index is 11.9. The van der Waals surface area contributed by atoms with E-state index in [1.54, 1.807) is 12.1 Å². The fourth-order valence-corrected chi connectivity index (χ4v) is 2.03. The van der Waals surface area contributed by atoms with Gasteiger partial charge in [0.1, 0.15) is 5.75 Å². The Bertz CT molecular complexity index is 644. The van der Waals surface area contributed by atoms with Crippen molar-refractivity contribution in [2.45, 2.75) is 39.8 Å². The van der Waals surface area contributed by atoms with Crippen LogP contribution in [0.3, 0.4) is 0 Å². The first-order valence-electron chi connectivity index (χ1n) is 8.53. The van der Waals surface area contributed by atoms with E-state index >= 15 is 0 Å². The summed E-state index contributed by atoms with van der Waals surface area (Å²) in [6.07, 6.45) is 0. The number of ether oxygens (including phenoxy) is 1. The zero-order valence-electron chi connectivity index (χ0n) is 16.3. The molecular weight excluding hydrogens is 461 g/mol. The molecule has 1 rings (SSSR count). The summed E-state index contributed by atoms with van der Waals surface area (Å²) in [6.45, 7) is 8.76. The normalized spacial score (nSPS) is 11.2. The van der Waals surface area contributed by atoms with Gasteiger partial charge in [0.05, 0.1) is 13.1 Å². The van der Waals surface area contributed by atoms with E-state index in [1.807, 2.05) is 39.8 Å². The average molecular weight is 491 g/mol. The Morgan fingerprint density at radius 2 is 1.93 bits per heavy atom. The molecule has 0 saturated heterocycles. The van der Waals surface area contributed by atoms with E-state index in [9.17, 15) is 9.59 Å². The van der Waals surface area contributed by atoms with Gasteiger partial charge in [0, 0.05) is 12.1 Å². The number of amides is 2. The van der Waals surface area contributed by atoms with Crippen molar-refractivity contribution in [3.05, 3.63) is 29.8 Å². The van der Waals surface area contributed by atoms with E-state index in [1.165, 1.54) is 0 Å². The number of benzene rings is 1. The van der Waals surface area contributed by atoms with Crippen LogP contribution in [-0.4, -0.2) is 43.0 Å². The van der Waals surface area contributed by atoms with Gasteiger partial charge in [-0.3, -0.25) is 9.59 Å². The van der Waals surface area contributed by atoms with Crippen LogP contribution in [-0.2, 0) is 16.1 Å². The minimum Gasteiger partial charge on any atom is -0.484 e. The molecule has 5 N–H and O–H groups in total. The van der Waals surface area contributed by atoms with Crippen molar-refractivity contribution in [1.82, 2.24) is 16.0 Å². The van der Waals surface area contributed by atoms with E-state index < -0.39 is 5.91 Å². The standard InChI is InChI=1S/C18H29N5O3.HI/c1-5-20-17(22-11-16(25)23-18(2,3)4)21-10-13-7-6-8-14(9-13)26-12-15(19)24;/h6-9H,5,10-12H2,1-4H3,(H2,19,24)(H,23,25)(H2,20,21,22);1H. The number of hydrogen-bond acceptors (Lipinski definition) is 4. The number of halogens is 1. The SMILES string of the molecule is CCNC(=NCc1cccc(OCC(N)=O)c1)NCC(=O)NC(C)(C)C.I. The summed E-state index contributed by atoms with van der Waals surface area (Å²) in [5, 5.41) is 8.98. The molecule has 0 heterocycles. The van der Waals surface area contributed by atoms with Crippen LogP contribution in [0.15, 0.2) is 29.3 Å². The smallest absolute Gasteiger partial charge is 0.255 e. The fraction of sp³-hybridized carbons (Fsp3) is 0.500. The molecule has 0 saturated carbocycles. The van der Waals surface area contributed by atoms with Crippen LogP contribution in [0.25, 0.3) is 0 Å². The lowest BCUT2D eigenvalue weighted by atomic mass is 10.1. The maximum Gasteiger partial charge on any atom is 0.255 e. The van der Waals surface area contributed by atoms with Gasteiger partial charge in [-0.05, 0) is 45.4 Å². The van der Waals surface area contributed by atoms with Crippen molar-refractivity contribution >= 4 is 41.8 Å². The molecule has 0 bridgehead atoms. The highest BCUT2D eigenvalue weighted by molar-refractivity contribution is 14.0. The second-order valence-corrected chi connectivity index (χ2v) is 6.75. The lowest BCUT2D eigenvalue weighted by Crippen LogP contribution is -2.48. The number of rotatable bonds is 8. The zero-order chi connectivity index (χ0) is 19.6. The molecule has 1 aromatic rings. The highest BCUT2D eigenvalue weighted by Crippen LogP contribution is 2.13. The van der Waals surface area contributed by atoms with Crippen LogP contribution in [0.4, 0.5) is 0 Å². The number of primary amides is 1. The molecule has 0 aliphatic heterocycles. The van der Waals surface area contributed by atoms with Gasteiger partial charge in [-0.1, -0.05) is 12.1 Å². The number of nitrogens with two attached hydrogens (primary N) is 1. The quantitative estimate of drug-likeness (QED) is 0.247. The predicted octanol–water partition coefficient (Wildman–Crippen LogP) is 1.14. The first kappa shape index (κ1) is 25.0. The molecular formula is C18H30IN5O3. The summed E-state index contributed by atoms with van der Waals surface area (Å²) in [6, 6.07) is 7.26. The molecule has 0 atom stereocenters. The molecule has 0 fully saturated rings. The Morgan fingerprint density at radius 1 is 1.22 bits per heavy atom. The highest BCUT2D eigenvalue weighted by atomic mass is 127. The van der Waals surface area contributed by atoms with Crippen molar-refractivity contribution in [3.8, 4) is 5.75 Å². The number of hydrogen-bond donors (Lipinski definition) is 4. The fourth-order valence-electron chi connectivity index (χ4n) is 2.03. The van der Waals surface area contributed by atoms with Gasteiger partial charge in [-0.25, -0.2) is 4.99 Å². The molecule has 1 aromatic carbocycles. The second-order valence-electron chi connectivity index (χ2n) is 6.75. The number of carbonyl (C=O) groups excluding carboxylic acids is 2. The van der Waals surface area contributed by atoms with Gasteiger partial charge in [-0.15, -0.1) is 24.0 Å². The van der Waals surface area contributed by atoms with Crippen LogP contribution >= 0.6 is 24.0 Å². The Balaban J connectivity index is 0.00000676. The minimum absolute atomic E-state index is 0. The molecule has 152 valence electrons. The molecule has 9 heteroatoms. The van der Waals surface area contributed by atoms with Crippen molar-refractivity contribution in [2.75, 3.05) is 19.7 Å². The van der Waals surface area contributed by atoms with Crippen molar-refractivity contribution < 1.29 is 14.3 Å². The van der Waals surface area contributed by atoms with E-state index in [2.05, 4.69) is 20.9 Å². The van der Waals surface area contributed by atoms with Crippen LogP contribution < -0.4 is 26.4 Å². The summed E-state index contributed by atoms with van der Waals surface area (Å²) in [7, 11) is 0. The van der Waals surface area contributed by atoms with Gasteiger partial charge in [0.15, 0.2) is 12.6 Å². The van der Waals surface area contributed by atoms with E-state index in [0.717, 1.165) is 5.56 Å². The molecule has 27 heavy (non-hydrogen) atoms. The molecule has 0 radical (unpaired) electrons. The average Bonchev–Trinajstić information content (AvgIpc) is 2.54. The van der Waals surface area contributed by atoms with Gasteiger partial charge < -0.3 is 26.4 Å². The van der Waals surface area contributed by atoms with E-state index in [4.69, 9.17) is 10.5 Å². The molecule has 0 spiro atoms. The summed E-state index contributed by atoms with van der Waals surface area (Å²) in [5.41, 5.74) is 5.70. The summed E-state index contributed by atoms with van der Waals surface area (Å²) >= 11 is 0. The Kier molecular flexibility index (Phi) is 11.4. The number of carbonyl (C=O) groups is 2. The Hall–Kier alpha value is -2.04. The third-order valence-corrected chi connectivity index (χ3v) is 2.97. The first-order chi connectivity index (χ1) is 12.2. The third-order valence-electron chi connectivity index (χ3n) is 2.97. The summed E-state index contributed by atoms with van der Waals surface area (Å²) < 4.78 is 5.28. The Labute approximate surface area is 177 Å². The van der Waals surface area contributed by atoms with Crippen molar-refractivity contribution in [3.63, 3.8) is 0 Å². The number of nitrogens with one attached hydrogen (secondary N) is 3. The van der Waals surface area contributed by atoms with Crippen LogP contribution in [0.5, 0.6) is 5.75 Å². The lowest BCUT2D eigenvalue weighted by molar-refractivity contribution is -0.121. The number of nitrogens with zero attached hydrogens (tertiary/aromatic N) is 1. The highest BCUT2D eigenvalue weighted by Gasteiger charge is 2.13. The molecule has 2 amide bonds. The zero-order valence-corrected chi connectivity index (χ0v) is 18.6. The van der Waals surface area contributed by atoms with Gasteiger partial charge in [0.2, 0.25) is 5.91 Å². The minimum atomic E-state index is -0.527. The van der Waals surface area contributed by atoms with Gasteiger partial charge >= 0.3 is 0 Å². The largest absolute Gasteiger partial charge is 0.484 e. The topological polar surface area (TPSA) is 118 Å².